The minimum atomic E-state index is -0.579. The van der Waals surface area contributed by atoms with Gasteiger partial charge in [-0.1, -0.05) is 0 Å². The molecule has 0 saturated heterocycles. The Morgan fingerprint density at radius 3 is 2.86 bits per heavy atom. The van der Waals surface area contributed by atoms with E-state index in [1.165, 1.54) is 35.9 Å². The average molecular weight is 293 g/mol. The number of benzene rings is 1. The predicted octanol–water partition coefficient (Wildman–Crippen LogP) is 1.68. The van der Waals surface area contributed by atoms with Gasteiger partial charge in [-0.25, -0.2) is 0 Å². The number of nitrogens with two attached hydrogens (primary N) is 1. The molecule has 0 atom stereocenters. The first-order valence-corrected chi connectivity index (χ1v) is 6.86. The van der Waals surface area contributed by atoms with Crippen LogP contribution in [0.25, 0.3) is 0 Å². The highest BCUT2D eigenvalue weighted by molar-refractivity contribution is 5.98. The van der Waals surface area contributed by atoms with Crippen molar-refractivity contribution in [2.45, 2.75) is 12.8 Å². The van der Waals surface area contributed by atoms with Crippen molar-refractivity contribution in [1.29, 1.82) is 0 Å². The van der Waals surface area contributed by atoms with Gasteiger partial charge in [0.15, 0.2) is 0 Å². The maximum Gasteiger partial charge on any atom is 0.282 e. The standard InChI is InChI=1S/C14H19N3O4/c1-16(6-7-21-9-10-2-3-10)14(18)12-8-11(15)4-5-13(12)17(19)20/h4-5,8,10H,2-3,6-7,9,15H2,1H3. The summed E-state index contributed by atoms with van der Waals surface area (Å²) >= 11 is 0. The molecule has 114 valence electrons. The lowest BCUT2D eigenvalue weighted by atomic mass is 10.1. The number of hydrogen-bond donors (Lipinski definition) is 1. The third-order valence-electron chi connectivity index (χ3n) is 3.42. The van der Waals surface area contributed by atoms with Crippen molar-refractivity contribution in [1.82, 2.24) is 4.90 Å². The second kappa shape index (κ2) is 6.53. The number of nitrogen functional groups attached to an aromatic ring is 1. The van der Waals surface area contributed by atoms with Crippen molar-refractivity contribution in [3.05, 3.63) is 33.9 Å². The highest BCUT2D eigenvalue weighted by atomic mass is 16.6. The smallest absolute Gasteiger partial charge is 0.282 e. The van der Waals surface area contributed by atoms with Crippen LogP contribution in [0, 0.1) is 16.0 Å². The molecule has 7 nitrogen and oxygen atoms in total. The summed E-state index contributed by atoms with van der Waals surface area (Å²) in [6.45, 7) is 1.53. The van der Waals surface area contributed by atoms with Crippen LogP contribution in [0.15, 0.2) is 18.2 Å². The van der Waals surface area contributed by atoms with Crippen LogP contribution in [0.4, 0.5) is 11.4 Å². The summed E-state index contributed by atoms with van der Waals surface area (Å²) < 4.78 is 5.46. The maximum absolute atomic E-state index is 12.3. The molecule has 0 radical (unpaired) electrons. The van der Waals surface area contributed by atoms with Gasteiger partial charge in [0.05, 0.1) is 11.5 Å². The first-order valence-electron chi connectivity index (χ1n) is 6.86. The second-order valence-electron chi connectivity index (χ2n) is 5.28. The molecule has 21 heavy (non-hydrogen) atoms. The molecule has 2 rings (SSSR count). The molecule has 0 unspecified atom stereocenters. The van der Waals surface area contributed by atoms with Gasteiger partial charge in [0, 0.05) is 32.0 Å². The van der Waals surface area contributed by atoms with Crippen molar-refractivity contribution in [3.8, 4) is 0 Å². The average Bonchev–Trinajstić information content (AvgIpc) is 3.26. The number of carbonyl (C=O) groups excluding carboxylic acids is 1. The third kappa shape index (κ3) is 4.16. The fourth-order valence-electron chi connectivity index (χ4n) is 1.93. The molecule has 0 bridgehead atoms. The lowest BCUT2D eigenvalue weighted by Gasteiger charge is -2.17. The summed E-state index contributed by atoms with van der Waals surface area (Å²) in [5, 5.41) is 11.0. The van der Waals surface area contributed by atoms with E-state index < -0.39 is 10.8 Å². The van der Waals surface area contributed by atoms with E-state index >= 15 is 0 Å². The normalized spacial score (nSPS) is 14.0. The zero-order valence-electron chi connectivity index (χ0n) is 11.9. The van der Waals surface area contributed by atoms with Crippen molar-refractivity contribution in [3.63, 3.8) is 0 Å². The molecule has 1 aliphatic carbocycles. The number of amides is 1. The van der Waals surface area contributed by atoms with Gasteiger partial charge in [0.1, 0.15) is 5.56 Å². The molecule has 1 saturated carbocycles. The summed E-state index contributed by atoms with van der Waals surface area (Å²) in [5.41, 5.74) is 5.70. The Bertz CT molecular complexity index is 543. The minimum Gasteiger partial charge on any atom is -0.399 e. The van der Waals surface area contributed by atoms with Crippen LogP contribution >= 0.6 is 0 Å². The lowest BCUT2D eigenvalue weighted by molar-refractivity contribution is -0.385. The van der Waals surface area contributed by atoms with E-state index in [0.717, 1.165) is 6.61 Å². The van der Waals surface area contributed by atoms with Crippen molar-refractivity contribution >= 4 is 17.3 Å². The Hall–Kier alpha value is -2.15. The lowest BCUT2D eigenvalue weighted by Crippen LogP contribution is -2.30. The molecular weight excluding hydrogens is 274 g/mol. The maximum atomic E-state index is 12.3. The molecule has 0 aromatic heterocycles. The Morgan fingerprint density at radius 1 is 1.52 bits per heavy atom. The van der Waals surface area contributed by atoms with Crippen LogP contribution in [0.5, 0.6) is 0 Å². The third-order valence-corrected chi connectivity index (χ3v) is 3.42. The number of nitro benzene ring substituents is 1. The number of likely N-dealkylation sites (N-methyl/N-ethyl adjacent to an activating group) is 1. The van der Waals surface area contributed by atoms with Gasteiger partial charge in [0.2, 0.25) is 0 Å². The Kier molecular flexibility index (Phi) is 4.74. The SMILES string of the molecule is CN(CCOCC1CC1)C(=O)c1cc(N)ccc1[N+](=O)[O-]. The van der Waals surface area contributed by atoms with Gasteiger partial charge in [-0.05, 0) is 30.9 Å². The highest BCUT2D eigenvalue weighted by Crippen LogP contribution is 2.28. The molecule has 1 amide bonds. The van der Waals surface area contributed by atoms with Crippen molar-refractivity contribution in [2.75, 3.05) is 32.5 Å². The molecule has 1 fully saturated rings. The zero-order chi connectivity index (χ0) is 15.4. The Morgan fingerprint density at radius 2 is 2.24 bits per heavy atom. The quantitative estimate of drug-likeness (QED) is 0.357. The molecular formula is C14H19N3O4. The minimum absolute atomic E-state index is 0.00435. The topological polar surface area (TPSA) is 98.7 Å². The number of ether oxygens (including phenoxy) is 1. The molecule has 2 N–H and O–H groups in total. The van der Waals surface area contributed by atoms with Crippen LogP contribution in [0.2, 0.25) is 0 Å². The summed E-state index contributed by atoms with van der Waals surface area (Å²) in [6.07, 6.45) is 2.43. The summed E-state index contributed by atoms with van der Waals surface area (Å²) in [7, 11) is 1.59. The molecule has 1 aliphatic rings. The van der Waals surface area contributed by atoms with E-state index in [9.17, 15) is 14.9 Å². The molecule has 1 aromatic carbocycles. The highest BCUT2D eigenvalue weighted by Gasteiger charge is 2.24. The summed E-state index contributed by atoms with van der Waals surface area (Å²) in [4.78, 5) is 24.1. The molecule has 7 heteroatoms. The van der Waals surface area contributed by atoms with E-state index in [1.807, 2.05) is 0 Å². The number of nitro groups is 1. The molecule has 0 spiro atoms. The number of anilines is 1. The van der Waals surface area contributed by atoms with Crippen LogP contribution in [-0.4, -0.2) is 42.5 Å². The predicted molar refractivity (Wildman–Crippen MR) is 78.0 cm³/mol. The summed E-state index contributed by atoms with van der Waals surface area (Å²) in [6, 6.07) is 4.00. The molecule has 0 aliphatic heterocycles. The van der Waals surface area contributed by atoms with Crippen LogP contribution in [0.3, 0.4) is 0 Å². The first-order chi connectivity index (χ1) is 9.99. The van der Waals surface area contributed by atoms with E-state index in [2.05, 4.69) is 0 Å². The van der Waals surface area contributed by atoms with E-state index in [-0.39, 0.29) is 11.3 Å². The van der Waals surface area contributed by atoms with E-state index in [4.69, 9.17) is 10.5 Å². The van der Waals surface area contributed by atoms with E-state index in [1.54, 1.807) is 7.05 Å². The van der Waals surface area contributed by atoms with Gasteiger partial charge in [-0.15, -0.1) is 0 Å². The zero-order valence-corrected chi connectivity index (χ0v) is 11.9. The largest absolute Gasteiger partial charge is 0.399 e. The Balaban J connectivity index is 1.96. The fraction of sp³-hybridized carbons (Fsp3) is 0.500. The fourth-order valence-corrected chi connectivity index (χ4v) is 1.93. The molecule has 0 heterocycles. The number of nitrogens with zero attached hydrogens (tertiary/aromatic N) is 2. The van der Waals surface area contributed by atoms with Gasteiger partial charge in [-0.3, -0.25) is 14.9 Å². The van der Waals surface area contributed by atoms with Crippen molar-refractivity contribution in [2.24, 2.45) is 5.92 Å². The first kappa shape index (κ1) is 15.2. The number of carbonyl (C=O) groups is 1. The van der Waals surface area contributed by atoms with Crippen LogP contribution in [-0.2, 0) is 4.74 Å². The summed E-state index contributed by atoms with van der Waals surface area (Å²) in [5.74, 6) is 0.241. The van der Waals surface area contributed by atoms with Gasteiger partial charge >= 0.3 is 0 Å². The Labute approximate surface area is 122 Å². The monoisotopic (exact) mass is 293 g/mol. The number of rotatable bonds is 7. The van der Waals surface area contributed by atoms with Gasteiger partial charge < -0.3 is 15.4 Å². The van der Waals surface area contributed by atoms with Gasteiger partial charge in [0.25, 0.3) is 11.6 Å². The number of hydrogen-bond acceptors (Lipinski definition) is 5. The van der Waals surface area contributed by atoms with Crippen molar-refractivity contribution < 1.29 is 14.5 Å². The van der Waals surface area contributed by atoms with Gasteiger partial charge in [-0.2, -0.15) is 0 Å². The van der Waals surface area contributed by atoms with Crippen LogP contribution in [0.1, 0.15) is 23.2 Å². The molecule has 1 aromatic rings. The second-order valence-corrected chi connectivity index (χ2v) is 5.28. The van der Waals surface area contributed by atoms with Crippen LogP contribution < -0.4 is 5.73 Å². The van der Waals surface area contributed by atoms with E-state index in [0.29, 0.717) is 24.8 Å².